The molecule has 0 spiro atoms. The number of carbonyl (C=O) groups is 1. The molecule has 1 saturated heterocycles. The fraction of sp³-hybridized carbons (Fsp3) is 0.474. The molecule has 0 radical (unpaired) electrons. The molecule has 1 atom stereocenters. The molecule has 2 N–H and O–H groups in total. The Morgan fingerprint density at radius 1 is 1.40 bits per heavy atom. The van der Waals surface area contributed by atoms with Gasteiger partial charge in [0, 0.05) is 11.6 Å². The minimum Gasteiger partial charge on any atom is -0.352 e. The summed E-state index contributed by atoms with van der Waals surface area (Å²) in [6.07, 6.45) is 4.00. The molecule has 1 aliphatic rings. The van der Waals surface area contributed by atoms with E-state index in [1.54, 1.807) is 6.20 Å². The zero-order valence-electron chi connectivity index (χ0n) is 14.8. The van der Waals surface area contributed by atoms with Crippen molar-refractivity contribution in [1.82, 2.24) is 20.4 Å². The van der Waals surface area contributed by atoms with Crippen LogP contribution in [0.5, 0.6) is 0 Å². The Bertz CT molecular complexity index is 718. The van der Waals surface area contributed by atoms with Gasteiger partial charge in [0.25, 0.3) is 5.91 Å². The predicted molar refractivity (Wildman–Crippen MR) is 101 cm³/mol. The highest BCUT2D eigenvalue weighted by atomic mass is 35.5. The zero-order chi connectivity index (χ0) is 17.8. The van der Waals surface area contributed by atoms with Crippen molar-refractivity contribution in [2.24, 2.45) is 5.92 Å². The van der Waals surface area contributed by atoms with Crippen LogP contribution in [0, 0.1) is 5.92 Å². The van der Waals surface area contributed by atoms with Crippen LogP contribution in [0.2, 0.25) is 5.02 Å². The van der Waals surface area contributed by atoms with Crippen LogP contribution in [-0.4, -0.2) is 35.3 Å². The third-order valence-electron chi connectivity index (χ3n) is 4.62. The molecule has 25 heavy (non-hydrogen) atoms. The number of hydrogen-bond donors (Lipinski definition) is 2. The number of amides is 1. The summed E-state index contributed by atoms with van der Waals surface area (Å²) in [5.74, 6) is 0.635. The van der Waals surface area contributed by atoms with Crippen molar-refractivity contribution in [3.8, 4) is 5.69 Å². The largest absolute Gasteiger partial charge is 0.352 e. The van der Waals surface area contributed by atoms with E-state index >= 15 is 0 Å². The lowest BCUT2D eigenvalue weighted by Crippen LogP contribution is -2.38. The second kappa shape index (κ2) is 8.02. The van der Waals surface area contributed by atoms with E-state index in [1.165, 1.54) is 6.42 Å². The van der Waals surface area contributed by atoms with E-state index in [1.807, 2.05) is 28.9 Å². The lowest BCUT2D eigenvalue weighted by Gasteiger charge is -2.23. The van der Waals surface area contributed by atoms with Crippen molar-refractivity contribution >= 4 is 17.5 Å². The maximum atomic E-state index is 12.7. The summed E-state index contributed by atoms with van der Waals surface area (Å²) in [6, 6.07) is 7.49. The molecule has 6 heteroatoms. The Morgan fingerprint density at radius 2 is 2.16 bits per heavy atom. The predicted octanol–water partition coefficient (Wildman–Crippen LogP) is 3.38. The van der Waals surface area contributed by atoms with Crippen LogP contribution in [0.3, 0.4) is 0 Å². The first kappa shape index (κ1) is 18.0. The van der Waals surface area contributed by atoms with Gasteiger partial charge in [0.2, 0.25) is 0 Å². The zero-order valence-corrected chi connectivity index (χ0v) is 15.5. The molecule has 0 aliphatic carbocycles. The average Bonchev–Trinajstić information content (AvgIpc) is 3.06. The fourth-order valence-corrected chi connectivity index (χ4v) is 3.43. The molecule has 1 fully saturated rings. The molecule has 1 aromatic heterocycles. The van der Waals surface area contributed by atoms with E-state index in [4.69, 9.17) is 11.6 Å². The van der Waals surface area contributed by atoms with Crippen molar-refractivity contribution < 1.29 is 4.79 Å². The van der Waals surface area contributed by atoms with Crippen LogP contribution < -0.4 is 10.6 Å². The van der Waals surface area contributed by atoms with Gasteiger partial charge in [0.05, 0.1) is 23.1 Å². The molecule has 1 amide bonds. The quantitative estimate of drug-likeness (QED) is 0.859. The number of halogens is 1. The van der Waals surface area contributed by atoms with E-state index in [-0.39, 0.29) is 11.8 Å². The topological polar surface area (TPSA) is 59.0 Å². The molecule has 1 unspecified atom stereocenters. The van der Waals surface area contributed by atoms with Gasteiger partial charge in [-0.1, -0.05) is 25.4 Å². The molecule has 2 heterocycles. The number of piperidine rings is 1. The van der Waals surface area contributed by atoms with Crippen LogP contribution in [0.1, 0.15) is 48.7 Å². The third-order valence-corrected chi connectivity index (χ3v) is 4.87. The average molecular weight is 361 g/mol. The minimum atomic E-state index is -0.0468. The molecule has 5 nitrogen and oxygen atoms in total. The van der Waals surface area contributed by atoms with E-state index in [0.29, 0.717) is 23.0 Å². The van der Waals surface area contributed by atoms with Crippen LogP contribution in [-0.2, 0) is 0 Å². The van der Waals surface area contributed by atoms with Crippen molar-refractivity contribution in [1.29, 1.82) is 0 Å². The maximum absolute atomic E-state index is 12.7. The van der Waals surface area contributed by atoms with Gasteiger partial charge in [-0.05, 0) is 62.0 Å². The first-order chi connectivity index (χ1) is 12.1. The number of rotatable bonds is 5. The smallest absolute Gasteiger partial charge is 0.254 e. The summed E-state index contributed by atoms with van der Waals surface area (Å²) in [6.45, 7) is 6.91. The van der Waals surface area contributed by atoms with E-state index in [2.05, 4.69) is 29.6 Å². The van der Waals surface area contributed by atoms with Crippen LogP contribution in [0.4, 0.5) is 0 Å². The van der Waals surface area contributed by atoms with Crippen molar-refractivity contribution in [2.75, 3.05) is 19.6 Å². The van der Waals surface area contributed by atoms with Crippen molar-refractivity contribution in [2.45, 2.75) is 32.6 Å². The Balaban J connectivity index is 1.78. The van der Waals surface area contributed by atoms with E-state index in [9.17, 15) is 4.79 Å². The van der Waals surface area contributed by atoms with Gasteiger partial charge in [-0.15, -0.1) is 0 Å². The van der Waals surface area contributed by atoms with E-state index in [0.717, 1.165) is 30.9 Å². The minimum absolute atomic E-state index is 0.0468. The lowest BCUT2D eigenvalue weighted by atomic mass is 9.99. The Hall–Kier alpha value is -1.85. The summed E-state index contributed by atoms with van der Waals surface area (Å²) in [5, 5.41) is 11.6. The summed E-state index contributed by atoms with van der Waals surface area (Å²) in [4.78, 5) is 12.7. The van der Waals surface area contributed by atoms with Crippen molar-refractivity contribution in [3.05, 3.63) is 46.7 Å². The number of nitrogens with one attached hydrogen (secondary N) is 2. The number of aromatic nitrogens is 2. The van der Waals surface area contributed by atoms with Gasteiger partial charge in [0.1, 0.15) is 0 Å². The van der Waals surface area contributed by atoms with E-state index < -0.39 is 0 Å². The Labute approximate surface area is 153 Å². The highest BCUT2D eigenvalue weighted by Gasteiger charge is 2.22. The lowest BCUT2D eigenvalue weighted by molar-refractivity contribution is 0.0943. The molecule has 1 aromatic carbocycles. The number of hydrogen-bond acceptors (Lipinski definition) is 3. The number of nitrogens with zero attached hydrogens (tertiary/aromatic N) is 2. The standard InChI is InChI=1S/C19H25ClN4O/c1-13(2)18-17(19(25)22-11-14-4-3-9-21-10-14)12-23-24(18)16-7-5-15(20)6-8-16/h5-8,12-14,21H,3-4,9-11H2,1-2H3,(H,22,25). The highest BCUT2D eigenvalue weighted by molar-refractivity contribution is 6.30. The summed E-state index contributed by atoms with van der Waals surface area (Å²) < 4.78 is 1.83. The number of benzene rings is 1. The first-order valence-corrected chi connectivity index (χ1v) is 9.27. The second-order valence-electron chi connectivity index (χ2n) is 6.91. The van der Waals surface area contributed by atoms with Gasteiger partial charge < -0.3 is 10.6 Å². The second-order valence-corrected chi connectivity index (χ2v) is 7.35. The molecule has 3 rings (SSSR count). The summed E-state index contributed by atoms with van der Waals surface area (Å²) >= 11 is 5.97. The van der Waals surface area contributed by atoms with Gasteiger partial charge >= 0.3 is 0 Å². The van der Waals surface area contributed by atoms with Gasteiger partial charge in [0.15, 0.2) is 0 Å². The molecular weight excluding hydrogens is 336 g/mol. The highest BCUT2D eigenvalue weighted by Crippen LogP contribution is 2.24. The molecule has 134 valence electrons. The molecular formula is C19H25ClN4O. The number of carbonyl (C=O) groups excluding carboxylic acids is 1. The van der Waals surface area contributed by atoms with Gasteiger partial charge in [-0.2, -0.15) is 5.10 Å². The van der Waals surface area contributed by atoms with Crippen LogP contribution in [0.15, 0.2) is 30.5 Å². The van der Waals surface area contributed by atoms with Gasteiger partial charge in [-0.3, -0.25) is 4.79 Å². The molecule has 2 aromatic rings. The monoisotopic (exact) mass is 360 g/mol. The fourth-order valence-electron chi connectivity index (χ4n) is 3.31. The normalized spacial score (nSPS) is 17.7. The maximum Gasteiger partial charge on any atom is 0.254 e. The molecule has 1 aliphatic heterocycles. The van der Waals surface area contributed by atoms with Crippen molar-refractivity contribution in [3.63, 3.8) is 0 Å². The summed E-state index contributed by atoms with van der Waals surface area (Å²) in [5.41, 5.74) is 2.47. The van der Waals surface area contributed by atoms with Crippen LogP contribution >= 0.6 is 11.6 Å². The van der Waals surface area contributed by atoms with Gasteiger partial charge in [-0.25, -0.2) is 4.68 Å². The van der Waals surface area contributed by atoms with Crippen LogP contribution in [0.25, 0.3) is 5.69 Å². The SMILES string of the molecule is CC(C)c1c(C(=O)NCC2CCCNC2)cnn1-c1ccc(Cl)cc1. The molecule has 0 saturated carbocycles. The Morgan fingerprint density at radius 3 is 2.80 bits per heavy atom. The summed E-state index contributed by atoms with van der Waals surface area (Å²) in [7, 11) is 0. The molecule has 0 bridgehead atoms. The third kappa shape index (κ3) is 4.22. The Kier molecular flexibility index (Phi) is 5.76. The first-order valence-electron chi connectivity index (χ1n) is 8.89.